The molecule has 0 heterocycles. The molecule has 7 rings (SSSR count). The normalized spacial score (nSPS) is 14.8. The summed E-state index contributed by atoms with van der Waals surface area (Å²) < 4.78 is 0. The van der Waals surface area contributed by atoms with Crippen molar-refractivity contribution in [2.45, 2.75) is 71.1 Å². The van der Waals surface area contributed by atoms with Crippen LogP contribution in [0.4, 0.5) is 0 Å². The second kappa shape index (κ2) is 7.95. The maximum Gasteiger partial charge on any atom is 0.0159 e. The molecule has 0 nitrogen and oxygen atoms in total. The molecule has 39 heavy (non-hydrogen) atoms. The molecule has 0 aliphatic heterocycles. The van der Waals surface area contributed by atoms with Crippen molar-refractivity contribution in [1.82, 2.24) is 0 Å². The van der Waals surface area contributed by atoms with Gasteiger partial charge in [0, 0.05) is 10.8 Å². The van der Waals surface area contributed by atoms with Gasteiger partial charge >= 0.3 is 0 Å². The van der Waals surface area contributed by atoms with Crippen molar-refractivity contribution in [3.8, 4) is 11.1 Å². The van der Waals surface area contributed by atoms with Crippen LogP contribution in [0.2, 0.25) is 0 Å². The molecule has 0 radical (unpaired) electrons. The van der Waals surface area contributed by atoms with Crippen LogP contribution in [-0.4, -0.2) is 0 Å². The Labute approximate surface area is 233 Å². The first-order valence-electron chi connectivity index (χ1n) is 14.5. The van der Waals surface area contributed by atoms with E-state index in [1.807, 2.05) is 0 Å². The van der Waals surface area contributed by atoms with Gasteiger partial charge in [-0.2, -0.15) is 0 Å². The van der Waals surface area contributed by atoms with Gasteiger partial charge in [-0.15, -0.1) is 0 Å². The molecule has 0 unspecified atom stereocenters. The topological polar surface area (TPSA) is 0 Å². The van der Waals surface area contributed by atoms with Crippen LogP contribution in [0.5, 0.6) is 0 Å². The number of hydrogen-bond donors (Lipinski definition) is 0. The Balaban J connectivity index is 1.39. The van der Waals surface area contributed by atoms with Crippen molar-refractivity contribution in [2.75, 3.05) is 0 Å². The van der Waals surface area contributed by atoms with Gasteiger partial charge in [-0.05, 0) is 83.1 Å². The minimum atomic E-state index is -0.141. The summed E-state index contributed by atoms with van der Waals surface area (Å²) in [5.41, 5.74) is 9.95. The van der Waals surface area contributed by atoms with Crippen LogP contribution in [0.15, 0.2) is 91.0 Å². The van der Waals surface area contributed by atoms with Gasteiger partial charge in [0.05, 0.1) is 0 Å². The second-order valence-corrected chi connectivity index (χ2v) is 13.5. The maximum absolute atomic E-state index is 2.51. The van der Waals surface area contributed by atoms with E-state index in [1.165, 1.54) is 71.3 Å². The molecule has 0 heteroatoms. The van der Waals surface area contributed by atoms with Crippen LogP contribution < -0.4 is 0 Å². The predicted molar refractivity (Wildman–Crippen MR) is 170 cm³/mol. The zero-order valence-electron chi connectivity index (χ0n) is 24.4. The Hall–Kier alpha value is -3.64. The summed E-state index contributed by atoms with van der Waals surface area (Å²) in [6.45, 7) is 16.6. The molecule has 0 bridgehead atoms. The third-order valence-electron chi connectivity index (χ3n) is 10.3. The molecular weight excluding hydrogens is 468 g/mol. The van der Waals surface area contributed by atoms with E-state index in [0.29, 0.717) is 0 Å². The van der Waals surface area contributed by atoms with E-state index in [1.54, 1.807) is 0 Å². The average Bonchev–Trinajstić information content (AvgIpc) is 3.17. The summed E-state index contributed by atoms with van der Waals surface area (Å²) in [6.07, 6.45) is 1.14. The molecular formula is C39H38. The fourth-order valence-electron chi connectivity index (χ4n) is 7.19. The number of hydrogen-bond acceptors (Lipinski definition) is 0. The standard InChI is InChI=1S/C39H38/c1-8-37(2,3)27-16-19-29-30-20-17-28(23-34(30)39(6,7)33(29)22-27)38(4,5)32-21-15-26-13-12-24-10-9-11-25-14-18-31(32)36(26)35(24)25/h9-23H,8H2,1-7H3. The summed E-state index contributed by atoms with van der Waals surface area (Å²) in [4.78, 5) is 0. The summed E-state index contributed by atoms with van der Waals surface area (Å²) in [7, 11) is 0. The quantitative estimate of drug-likeness (QED) is 0.209. The predicted octanol–water partition coefficient (Wildman–Crippen LogP) is 10.9. The van der Waals surface area contributed by atoms with E-state index in [2.05, 4.69) is 139 Å². The Bertz CT molecular complexity index is 1900. The number of rotatable bonds is 4. The van der Waals surface area contributed by atoms with Crippen LogP contribution in [0.1, 0.15) is 82.7 Å². The summed E-state index contributed by atoms with van der Waals surface area (Å²) in [6, 6.07) is 35.1. The molecule has 0 saturated carbocycles. The Morgan fingerprint density at radius 3 is 1.77 bits per heavy atom. The molecule has 0 amide bonds. The number of benzene rings is 6. The summed E-state index contributed by atoms with van der Waals surface area (Å²) in [5.74, 6) is 0. The highest BCUT2D eigenvalue weighted by Gasteiger charge is 2.38. The highest BCUT2D eigenvalue weighted by Crippen LogP contribution is 2.51. The van der Waals surface area contributed by atoms with Crippen molar-refractivity contribution >= 4 is 32.3 Å². The molecule has 1 aliphatic rings. The van der Waals surface area contributed by atoms with E-state index >= 15 is 0 Å². The highest BCUT2D eigenvalue weighted by molar-refractivity contribution is 6.23. The molecule has 6 aromatic rings. The minimum Gasteiger partial charge on any atom is -0.0646 e. The third kappa shape index (κ3) is 3.30. The molecule has 194 valence electrons. The van der Waals surface area contributed by atoms with E-state index < -0.39 is 0 Å². The van der Waals surface area contributed by atoms with Crippen LogP contribution in [-0.2, 0) is 16.2 Å². The van der Waals surface area contributed by atoms with Gasteiger partial charge in [-0.3, -0.25) is 0 Å². The van der Waals surface area contributed by atoms with Crippen LogP contribution in [0.3, 0.4) is 0 Å². The molecule has 0 atom stereocenters. The third-order valence-corrected chi connectivity index (χ3v) is 10.3. The van der Waals surface area contributed by atoms with Crippen molar-refractivity contribution in [3.05, 3.63) is 119 Å². The zero-order valence-corrected chi connectivity index (χ0v) is 24.4. The lowest BCUT2D eigenvalue weighted by Crippen LogP contribution is -2.22. The maximum atomic E-state index is 2.51. The van der Waals surface area contributed by atoms with Gasteiger partial charge < -0.3 is 0 Å². The van der Waals surface area contributed by atoms with E-state index in [-0.39, 0.29) is 16.2 Å². The van der Waals surface area contributed by atoms with Crippen molar-refractivity contribution < 1.29 is 0 Å². The molecule has 1 aliphatic carbocycles. The zero-order chi connectivity index (χ0) is 27.3. The lowest BCUT2D eigenvalue weighted by Gasteiger charge is -2.31. The van der Waals surface area contributed by atoms with Crippen molar-refractivity contribution in [1.29, 1.82) is 0 Å². The monoisotopic (exact) mass is 506 g/mol. The van der Waals surface area contributed by atoms with E-state index in [4.69, 9.17) is 0 Å². The van der Waals surface area contributed by atoms with Gasteiger partial charge in [0.1, 0.15) is 0 Å². The summed E-state index contributed by atoms with van der Waals surface area (Å²) >= 11 is 0. The van der Waals surface area contributed by atoms with Gasteiger partial charge in [0.15, 0.2) is 0 Å². The van der Waals surface area contributed by atoms with Gasteiger partial charge in [0.2, 0.25) is 0 Å². The van der Waals surface area contributed by atoms with Gasteiger partial charge in [-0.25, -0.2) is 0 Å². The fourth-order valence-corrected chi connectivity index (χ4v) is 7.19. The largest absolute Gasteiger partial charge is 0.0646 e. The molecule has 0 aromatic heterocycles. The molecule has 0 spiro atoms. The van der Waals surface area contributed by atoms with Crippen molar-refractivity contribution in [2.24, 2.45) is 0 Å². The van der Waals surface area contributed by atoms with Gasteiger partial charge in [0.25, 0.3) is 0 Å². The van der Waals surface area contributed by atoms with Crippen LogP contribution >= 0.6 is 0 Å². The average molecular weight is 507 g/mol. The van der Waals surface area contributed by atoms with Crippen molar-refractivity contribution in [3.63, 3.8) is 0 Å². The van der Waals surface area contributed by atoms with E-state index in [0.717, 1.165) is 6.42 Å². The lowest BCUT2D eigenvalue weighted by atomic mass is 9.73. The van der Waals surface area contributed by atoms with E-state index in [9.17, 15) is 0 Å². The summed E-state index contributed by atoms with van der Waals surface area (Å²) in [5, 5.41) is 8.13. The lowest BCUT2D eigenvalue weighted by molar-refractivity contribution is 0.504. The van der Waals surface area contributed by atoms with Crippen LogP contribution in [0.25, 0.3) is 43.4 Å². The fraction of sp³-hybridized carbons (Fsp3) is 0.282. The minimum absolute atomic E-state index is 0.0285. The first-order chi connectivity index (χ1) is 18.5. The molecule has 0 fully saturated rings. The molecule has 6 aromatic carbocycles. The second-order valence-electron chi connectivity index (χ2n) is 13.5. The number of fused-ring (bicyclic) bond motifs is 3. The smallest absolute Gasteiger partial charge is 0.0159 e. The first kappa shape index (κ1) is 24.4. The van der Waals surface area contributed by atoms with Crippen LogP contribution in [0, 0.1) is 0 Å². The molecule has 0 N–H and O–H groups in total. The Kier molecular flexibility index (Phi) is 4.97. The highest BCUT2D eigenvalue weighted by atomic mass is 14.4. The Morgan fingerprint density at radius 1 is 0.590 bits per heavy atom. The molecule has 0 saturated heterocycles. The Morgan fingerprint density at radius 2 is 1.13 bits per heavy atom. The first-order valence-corrected chi connectivity index (χ1v) is 14.5. The van der Waals surface area contributed by atoms with Gasteiger partial charge in [-0.1, -0.05) is 139 Å². The SMILES string of the molecule is CCC(C)(C)c1ccc2c(c1)C(C)(C)c1cc(C(C)(C)c3ccc4ccc5cccc6ccc3c4c56)ccc1-2.